The van der Waals surface area contributed by atoms with Gasteiger partial charge in [-0.05, 0) is 73.2 Å². The maximum Gasteiger partial charge on any atom is 0.282 e. The largest absolute Gasteiger partial charge is 0.491 e. The molecule has 0 aliphatic carbocycles. The molecule has 4 rings (SSSR count). The van der Waals surface area contributed by atoms with Gasteiger partial charge in [-0.15, -0.1) is 11.3 Å². The van der Waals surface area contributed by atoms with Gasteiger partial charge in [-0.1, -0.05) is 32.0 Å². The summed E-state index contributed by atoms with van der Waals surface area (Å²) in [5.74, 6) is 0.399. The van der Waals surface area contributed by atoms with Crippen LogP contribution in [0.5, 0.6) is 5.75 Å². The van der Waals surface area contributed by atoms with Crippen LogP contribution in [-0.4, -0.2) is 17.9 Å². The number of nitrogens with zero attached hydrogens (tertiary/aromatic N) is 1. The SMILES string of the molecule is CC(C)Oc1ccc(N2C(=O)C(Nc3ccc(C(C)C)cc3)=C(c3cccs3)C2=O)cc1. The Balaban J connectivity index is 1.68. The number of carbonyl (C=O) groups is 2. The summed E-state index contributed by atoms with van der Waals surface area (Å²) in [6, 6.07) is 18.7. The number of nitrogens with one attached hydrogen (secondary N) is 1. The number of thiophene rings is 1. The Labute approximate surface area is 192 Å². The second-order valence-electron chi connectivity index (χ2n) is 8.24. The average molecular weight is 447 g/mol. The van der Waals surface area contributed by atoms with E-state index in [2.05, 4.69) is 19.2 Å². The number of imide groups is 1. The number of hydrogen-bond donors (Lipinski definition) is 1. The fourth-order valence-electron chi connectivity index (χ4n) is 3.57. The van der Waals surface area contributed by atoms with Crippen molar-refractivity contribution in [1.82, 2.24) is 0 Å². The highest BCUT2D eigenvalue weighted by molar-refractivity contribution is 7.11. The van der Waals surface area contributed by atoms with E-state index in [4.69, 9.17) is 4.74 Å². The molecule has 1 N–H and O–H groups in total. The summed E-state index contributed by atoms with van der Waals surface area (Å²) in [6.07, 6.45) is 0.0425. The van der Waals surface area contributed by atoms with Crippen molar-refractivity contribution < 1.29 is 14.3 Å². The summed E-state index contributed by atoms with van der Waals surface area (Å²) in [7, 11) is 0. The molecule has 0 spiro atoms. The van der Waals surface area contributed by atoms with Crippen LogP contribution < -0.4 is 15.0 Å². The van der Waals surface area contributed by atoms with Gasteiger partial charge in [0.25, 0.3) is 11.8 Å². The molecule has 0 saturated carbocycles. The number of hydrogen-bond acceptors (Lipinski definition) is 5. The maximum absolute atomic E-state index is 13.4. The van der Waals surface area contributed by atoms with Crippen molar-refractivity contribution in [2.45, 2.75) is 39.7 Å². The van der Waals surface area contributed by atoms with Crippen LogP contribution in [0.3, 0.4) is 0 Å². The first-order chi connectivity index (χ1) is 15.3. The lowest BCUT2D eigenvalue weighted by molar-refractivity contribution is -0.120. The molecule has 1 aliphatic rings. The molecule has 0 unspecified atom stereocenters. The van der Waals surface area contributed by atoms with Crippen LogP contribution >= 0.6 is 11.3 Å². The third-order valence-corrected chi connectivity index (χ3v) is 6.05. The molecule has 0 radical (unpaired) electrons. The minimum Gasteiger partial charge on any atom is -0.491 e. The van der Waals surface area contributed by atoms with E-state index in [1.807, 2.05) is 55.6 Å². The van der Waals surface area contributed by atoms with Gasteiger partial charge >= 0.3 is 0 Å². The second kappa shape index (κ2) is 9.01. The number of carbonyl (C=O) groups excluding carboxylic acids is 2. The van der Waals surface area contributed by atoms with Crippen molar-refractivity contribution in [2.75, 3.05) is 10.2 Å². The molecule has 164 valence electrons. The number of amides is 2. The van der Waals surface area contributed by atoms with Crippen LogP contribution in [0.2, 0.25) is 0 Å². The summed E-state index contributed by atoms with van der Waals surface area (Å²) < 4.78 is 5.68. The van der Waals surface area contributed by atoms with Crippen LogP contribution in [0.15, 0.2) is 71.7 Å². The molecule has 0 fully saturated rings. The van der Waals surface area contributed by atoms with Gasteiger partial charge in [0.1, 0.15) is 11.4 Å². The van der Waals surface area contributed by atoms with Gasteiger partial charge in [0.15, 0.2) is 0 Å². The Morgan fingerprint density at radius 1 is 0.875 bits per heavy atom. The third-order valence-electron chi connectivity index (χ3n) is 5.16. The first-order valence-electron chi connectivity index (χ1n) is 10.7. The zero-order valence-electron chi connectivity index (χ0n) is 18.6. The Morgan fingerprint density at radius 2 is 1.56 bits per heavy atom. The minimum atomic E-state index is -0.371. The molecule has 3 aromatic rings. The average Bonchev–Trinajstić information content (AvgIpc) is 3.36. The highest BCUT2D eigenvalue weighted by Crippen LogP contribution is 2.36. The first kappa shape index (κ1) is 21.8. The molecule has 5 nitrogen and oxygen atoms in total. The fraction of sp³-hybridized carbons (Fsp3) is 0.231. The van der Waals surface area contributed by atoms with Crippen molar-refractivity contribution in [1.29, 1.82) is 0 Å². The Hall–Kier alpha value is -3.38. The van der Waals surface area contributed by atoms with Crippen molar-refractivity contribution in [3.05, 3.63) is 82.2 Å². The van der Waals surface area contributed by atoms with E-state index >= 15 is 0 Å². The van der Waals surface area contributed by atoms with Crippen LogP contribution in [0.4, 0.5) is 11.4 Å². The van der Waals surface area contributed by atoms with Gasteiger partial charge in [-0.3, -0.25) is 9.59 Å². The van der Waals surface area contributed by atoms with Gasteiger partial charge < -0.3 is 10.1 Å². The molecule has 1 aliphatic heterocycles. The Bertz CT molecular complexity index is 1140. The Morgan fingerprint density at radius 3 is 2.12 bits per heavy atom. The molecular formula is C26H26N2O3S. The smallest absolute Gasteiger partial charge is 0.282 e. The zero-order valence-corrected chi connectivity index (χ0v) is 19.4. The lowest BCUT2D eigenvalue weighted by Gasteiger charge is -2.17. The third kappa shape index (κ3) is 4.32. The summed E-state index contributed by atoms with van der Waals surface area (Å²) in [6.45, 7) is 8.16. The quantitative estimate of drug-likeness (QED) is 0.449. The van der Waals surface area contributed by atoms with Gasteiger partial charge in [0.05, 0.1) is 17.4 Å². The van der Waals surface area contributed by atoms with Crippen molar-refractivity contribution >= 4 is 40.1 Å². The molecule has 2 heterocycles. The molecule has 2 aromatic carbocycles. The minimum absolute atomic E-state index is 0.0425. The van der Waals surface area contributed by atoms with Crippen molar-refractivity contribution in [3.8, 4) is 5.75 Å². The maximum atomic E-state index is 13.4. The molecular weight excluding hydrogens is 420 g/mol. The number of benzene rings is 2. The normalized spacial score (nSPS) is 14.1. The summed E-state index contributed by atoms with van der Waals surface area (Å²) in [5.41, 5.74) is 3.17. The zero-order chi connectivity index (χ0) is 22.8. The fourth-order valence-corrected chi connectivity index (χ4v) is 4.34. The Kier molecular flexibility index (Phi) is 6.15. The van der Waals surface area contributed by atoms with E-state index in [0.717, 1.165) is 10.6 Å². The van der Waals surface area contributed by atoms with E-state index in [0.29, 0.717) is 22.9 Å². The monoisotopic (exact) mass is 446 g/mol. The lowest BCUT2D eigenvalue weighted by Crippen LogP contribution is -2.32. The van der Waals surface area contributed by atoms with Crippen LogP contribution in [-0.2, 0) is 9.59 Å². The van der Waals surface area contributed by atoms with Crippen LogP contribution in [0.25, 0.3) is 5.57 Å². The standard InChI is InChI=1S/C26H26N2O3S/c1-16(2)18-7-9-19(10-8-18)27-24-23(22-6-5-15-32-22)25(29)28(26(24)30)20-11-13-21(14-12-20)31-17(3)4/h5-17,27H,1-4H3. The van der Waals surface area contributed by atoms with E-state index in [9.17, 15) is 9.59 Å². The molecule has 1 aromatic heterocycles. The van der Waals surface area contributed by atoms with Gasteiger partial charge in [0.2, 0.25) is 0 Å². The molecule has 0 bridgehead atoms. The molecule has 6 heteroatoms. The van der Waals surface area contributed by atoms with Gasteiger partial charge in [-0.25, -0.2) is 4.90 Å². The summed E-state index contributed by atoms with van der Waals surface area (Å²) in [4.78, 5) is 28.8. The highest BCUT2D eigenvalue weighted by Gasteiger charge is 2.40. The number of anilines is 2. The van der Waals surface area contributed by atoms with Crippen molar-refractivity contribution in [3.63, 3.8) is 0 Å². The predicted octanol–water partition coefficient (Wildman–Crippen LogP) is 6.06. The summed E-state index contributed by atoms with van der Waals surface area (Å²) in [5, 5.41) is 5.11. The topological polar surface area (TPSA) is 58.6 Å². The van der Waals surface area contributed by atoms with Crippen LogP contribution in [0.1, 0.15) is 44.1 Å². The van der Waals surface area contributed by atoms with Gasteiger partial charge in [-0.2, -0.15) is 0 Å². The lowest BCUT2D eigenvalue weighted by atomic mass is 10.0. The summed E-state index contributed by atoms with van der Waals surface area (Å²) >= 11 is 1.44. The number of rotatable bonds is 7. The second-order valence-corrected chi connectivity index (χ2v) is 9.18. The van der Waals surface area contributed by atoms with Crippen LogP contribution in [0, 0.1) is 0 Å². The molecule has 32 heavy (non-hydrogen) atoms. The van der Waals surface area contributed by atoms with Gasteiger partial charge in [0, 0.05) is 10.6 Å². The predicted molar refractivity (Wildman–Crippen MR) is 130 cm³/mol. The van der Waals surface area contributed by atoms with E-state index < -0.39 is 0 Å². The van der Waals surface area contributed by atoms with E-state index in [1.165, 1.54) is 21.8 Å². The van der Waals surface area contributed by atoms with E-state index in [-0.39, 0.29) is 23.6 Å². The van der Waals surface area contributed by atoms with E-state index in [1.54, 1.807) is 24.3 Å². The molecule has 0 atom stereocenters. The molecule has 2 amide bonds. The highest BCUT2D eigenvalue weighted by atomic mass is 32.1. The van der Waals surface area contributed by atoms with Crippen molar-refractivity contribution in [2.24, 2.45) is 0 Å². The molecule has 0 saturated heterocycles. The number of ether oxygens (including phenoxy) is 1. The first-order valence-corrected chi connectivity index (χ1v) is 11.5.